The molecular weight excluding hydrogens is 478 g/mol. The highest BCUT2D eigenvalue weighted by Gasteiger charge is 2.37. The van der Waals surface area contributed by atoms with E-state index in [1.807, 2.05) is 60.0 Å². The lowest BCUT2D eigenvalue weighted by Crippen LogP contribution is -2.37. The first kappa shape index (κ1) is 22.2. The van der Waals surface area contributed by atoms with Crippen molar-refractivity contribution in [3.05, 3.63) is 109 Å². The van der Waals surface area contributed by atoms with Crippen LogP contribution in [0.2, 0.25) is 5.02 Å². The van der Waals surface area contributed by atoms with E-state index in [0.717, 1.165) is 21.4 Å². The molecule has 0 aliphatic carbocycles. The fourth-order valence-electron chi connectivity index (χ4n) is 5.04. The van der Waals surface area contributed by atoms with Gasteiger partial charge in [0.15, 0.2) is 6.10 Å². The highest BCUT2D eigenvalue weighted by Crippen LogP contribution is 2.48. The maximum absolute atomic E-state index is 13.7. The Morgan fingerprint density at radius 3 is 2.42 bits per heavy atom. The van der Waals surface area contributed by atoms with Gasteiger partial charge >= 0.3 is 5.69 Å². The van der Waals surface area contributed by atoms with Gasteiger partial charge in [-0.2, -0.15) is 0 Å². The van der Waals surface area contributed by atoms with Crippen molar-refractivity contribution in [1.29, 1.82) is 0 Å². The molecule has 3 heterocycles. The van der Waals surface area contributed by atoms with Crippen LogP contribution >= 0.6 is 11.6 Å². The van der Waals surface area contributed by atoms with Gasteiger partial charge in [0.25, 0.3) is 5.56 Å². The van der Waals surface area contributed by atoms with Gasteiger partial charge in [0.05, 0.1) is 28.0 Å². The van der Waals surface area contributed by atoms with Gasteiger partial charge in [0.1, 0.15) is 11.5 Å². The number of aromatic hydroxyl groups is 1. The van der Waals surface area contributed by atoms with Crippen LogP contribution in [-0.2, 0) is 14.1 Å². The lowest BCUT2D eigenvalue weighted by molar-refractivity contribution is 0.224. The van der Waals surface area contributed by atoms with Gasteiger partial charge in [-0.25, -0.2) is 4.79 Å². The quantitative estimate of drug-likeness (QED) is 0.377. The summed E-state index contributed by atoms with van der Waals surface area (Å²) in [4.78, 5) is 26.8. The largest absolute Gasteiger partial charge is 0.508 e. The van der Waals surface area contributed by atoms with Gasteiger partial charge in [0.2, 0.25) is 0 Å². The number of nitrogens with zero attached hydrogens (tertiary/aromatic N) is 3. The predicted molar refractivity (Wildman–Crippen MR) is 140 cm³/mol. The molecule has 180 valence electrons. The summed E-state index contributed by atoms with van der Waals surface area (Å²) in [5, 5.41) is 11.6. The number of para-hydroxylation sites is 2. The summed E-state index contributed by atoms with van der Waals surface area (Å²) in [6.45, 7) is 2.00. The minimum absolute atomic E-state index is 0.00426. The molecule has 0 spiro atoms. The number of phenols is 1. The van der Waals surface area contributed by atoms with Crippen LogP contribution in [0, 0.1) is 6.92 Å². The summed E-state index contributed by atoms with van der Waals surface area (Å²) in [6.07, 6.45) is -0.835. The molecule has 0 amide bonds. The van der Waals surface area contributed by atoms with Crippen LogP contribution in [0.25, 0.3) is 27.8 Å². The number of ether oxygens (including phenoxy) is 1. The molecule has 3 aromatic carbocycles. The van der Waals surface area contributed by atoms with Gasteiger partial charge in [-0.1, -0.05) is 53.6 Å². The van der Waals surface area contributed by atoms with Crippen LogP contribution in [0.1, 0.15) is 22.9 Å². The fraction of sp³-hybridized carbons (Fsp3) is 0.143. The normalized spacial score (nSPS) is 14.4. The van der Waals surface area contributed by atoms with E-state index in [4.69, 9.17) is 16.3 Å². The van der Waals surface area contributed by atoms with Crippen LogP contribution in [0.3, 0.4) is 0 Å². The Labute approximate surface area is 211 Å². The number of phenolic OH excluding ortho intramolecular Hbond substituents is 1. The standard InChI is InChI=1S/C28H22ClN3O4/c1-15-8-10-16(11-9-15)23-22-24(30(2)28(35)31(3)27(22)34)25-26(18-14-17(29)12-13-20(18)33)36-21-7-5-4-6-19(21)32(23)25/h4-14,26,33H,1-3H3/t26-/m0/s1. The SMILES string of the molecule is Cc1ccc(-c2c3c(=O)n(C)c(=O)n(C)c3c3n2-c2ccccc2O[C@H]3c2cc(Cl)ccc2O)cc1. The average molecular weight is 500 g/mol. The zero-order valence-electron chi connectivity index (χ0n) is 19.8. The minimum atomic E-state index is -0.835. The molecule has 7 nitrogen and oxygen atoms in total. The number of rotatable bonds is 2. The van der Waals surface area contributed by atoms with Gasteiger partial charge in [-0.05, 0) is 42.8 Å². The van der Waals surface area contributed by atoms with E-state index in [0.29, 0.717) is 38.6 Å². The summed E-state index contributed by atoms with van der Waals surface area (Å²) in [6, 6.07) is 20.2. The first-order valence-electron chi connectivity index (χ1n) is 11.4. The average Bonchev–Trinajstić information content (AvgIpc) is 3.24. The second-order valence-electron chi connectivity index (χ2n) is 9.03. The predicted octanol–water partition coefficient (Wildman–Crippen LogP) is 4.84. The number of halogens is 1. The Morgan fingerprint density at radius 2 is 1.67 bits per heavy atom. The summed E-state index contributed by atoms with van der Waals surface area (Å²) in [5.74, 6) is 0.570. The maximum Gasteiger partial charge on any atom is 0.331 e. The molecule has 0 saturated heterocycles. The summed E-state index contributed by atoms with van der Waals surface area (Å²) < 4.78 is 11.0. The molecule has 5 aromatic rings. The van der Waals surface area contributed by atoms with Crippen molar-refractivity contribution in [2.75, 3.05) is 0 Å². The molecule has 8 heteroatoms. The molecule has 1 aliphatic rings. The number of aryl methyl sites for hydroxylation is 2. The summed E-state index contributed by atoms with van der Waals surface area (Å²) in [7, 11) is 3.11. The molecule has 6 rings (SSSR count). The number of hydrogen-bond acceptors (Lipinski definition) is 4. The van der Waals surface area contributed by atoms with Crippen molar-refractivity contribution >= 4 is 22.5 Å². The zero-order chi connectivity index (χ0) is 25.3. The van der Waals surface area contributed by atoms with Gasteiger partial charge in [-0.3, -0.25) is 13.9 Å². The molecule has 0 radical (unpaired) electrons. The van der Waals surface area contributed by atoms with Crippen molar-refractivity contribution in [3.8, 4) is 28.4 Å². The van der Waals surface area contributed by atoms with Crippen molar-refractivity contribution in [3.63, 3.8) is 0 Å². The van der Waals surface area contributed by atoms with Gasteiger partial charge < -0.3 is 14.4 Å². The second-order valence-corrected chi connectivity index (χ2v) is 9.47. The van der Waals surface area contributed by atoms with Crippen LogP contribution in [-0.4, -0.2) is 18.8 Å². The molecule has 2 aromatic heterocycles. The third-order valence-corrected chi connectivity index (χ3v) is 7.04. The third-order valence-electron chi connectivity index (χ3n) is 6.80. The molecule has 0 fully saturated rings. The van der Waals surface area contributed by atoms with Gasteiger partial charge in [0, 0.05) is 24.7 Å². The Bertz CT molecular complexity index is 1810. The van der Waals surface area contributed by atoms with E-state index < -0.39 is 17.4 Å². The lowest BCUT2D eigenvalue weighted by Gasteiger charge is -2.30. The first-order chi connectivity index (χ1) is 17.3. The second kappa shape index (κ2) is 7.90. The van der Waals surface area contributed by atoms with E-state index in [-0.39, 0.29) is 5.75 Å². The van der Waals surface area contributed by atoms with E-state index >= 15 is 0 Å². The zero-order valence-corrected chi connectivity index (χ0v) is 20.6. The van der Waals surface area contributed by atoms with Crippen molar-refractivity contribution < 1.29 is 9.84 Å². The monoisotopic (exact) mass is 499 g/mol. The molecule has 1 aliphatic heterocycles. The van der Waals surface area contributed by atoms with Crippen molar-refractivity contribution in [2.24, 2.45) is 14.1 Å². The van der Waals surface area contributed by atoms with E-state index in [1.54, 1.807) is 19.2 Å². The molecular formula is C28H22ClN3O4. The van der Waals surface area contributed by atoms with E-state index in [2.05, 4.69) is 0 Å². The van der Waals surface area contributed by atoms with Crippen molar-refractivity contribution in [1.82, 2.24) is 13.7 Å². The third kappa shape index (κ3) is 3.06. The Kier molecular flexibility index (Phi) is 4.88. The topological polar surface area (TPSA) is 78.4 Å². The number of aromatic nitrogens is 3. The highest BCUT2D eigenvalue weighted by atomic mass is 35.5. The molecule has 1 N–H and O–H groups in total. The number of fused-ring (bicyclic) bond motifs is 5. The van der Waals surface area contributed by atoms with E-state index in [9.17, 15) is 14.7 Å². The molecule has 0 bridgehead atoms. The van der Waals surface area contributed by atoms with Crippen molar-refractivity contribution in [2.45, 2.75) is 13.0 Å². The lowest BCUT2D eigenvalue weighted by atomic mass is 10.0. The van der Waals surface area contributed by atoms with Crippen LogP contribution < -0.4 is 16.0 Å². The Balaban J connectivity index is 1.87. The van der Waals surface area contributed by atoms with E-state index in [1.165, 1.54) is 17.7 Å². The van der Waals surface area contributed by atoms with Crippen LogP contribution in [0.4, 0.5) is 0 Å². The molecule has 0 unspecified atom stereocenters. The number of benzene rings is 3. The maximum atomic E-state index is 13.7. The summed E-state index contributed by atoms with van der Waals surface area (Å²) >= 11 is 6.32. The first-order valence-corrected chi connectivity index (χ1v) is 11.8. The fourth-order valence-corrected chi connectivity index (χ4v) is 5.22. The van der Waals surface area contributed by atoms with Crippen LogP contribution in [0.5, 0.6) is 11.5 Å². The molecule has 1 atom stereocenters. The minimum Gasteiger partial charge on any atom is -0.508 e. The van der Waals surface area contributed by atoms with Gasteiger partial charge in [-0.15, -0.1) is 0 Å². The smallest absolute Gasteiger partial charge is 0.331 e. The number of hydrogen-bond donors (Lipinski definition) is 1. The highest BCUT2D eigenvalue weighted by molar-refractivity contribution is 6.30. The Morgan fingerprint density at radius 1 is 0.944 bits per heavy atom. The molecule has 0 saturated carbocycles. The van der Waals surface area contributed by atoms with Crippen LogP contribution in [0.15, 0.2) is 76.3 Å². The Hall–Kier alpha value is -4.23. The molecule has 36 heavy (non-hydrogen) atoms. The summed E-state index contributed by atoms with van der Waals surface area (Å²) in [5.41, 5.74) is 3.86.